The van der Waals surface area contributed by atoms with Gasteiger partial charge in [0.15, 0.2) is 0 Å². The van der Waals surface area contributed by atoms with E-state index in [4.69, 9.17) is 4.74 Å². The van der Waals surface area contributed by atoms with Crippen molar-refractivity contribution < 1.29 is 4.74 Å². The monoisotopic (exact) mass is 168 g/mol. The van der Waals surface area contributed by atoms with E-state index in [1.165, 1.54) is 0 Å². The van der Waals surface area contributed by atoms with E-state index in [9.17, 15) is 0 Å². The largest absolute Gasteiger partial charge is 0.475 e. The Labute approximate surface area is 73.6 Å². The Morgan fingerprint density at radius 1 is 1.67 bits per heavy atom. The smallest absolute Gasteiger partial charge is 0.201 e. The number of hydrogen-bond acceptors (Lipinski definition) is 3. The first-order valence-electron chi connectivity index (χ1n) is 4.70. The van der Waals surface area contributed by atoms with E-state index in [-0.39, 0.29) is 0 Å². The Balaban J connectivity index is 2.05. The fourth-order valence-corrected chi connectivity index (χ4v) is 1.76. The fraction of sp³-hybridized carbons (Fsp3) is 0.778. The molecule has 12 heavy (non-hydrogen) atoms. The highest BCUT2D eigenvalue weighted by Gasteiger charge is 2.28. The van der Waals surface area contributed by atoms with Crippen LogP contribution >= 0.6 is 0 Å². The van der Waals surface area contributed by atoms with Crippen LogP contribution in [0.2, 0.25) is 0 Å². The van der Waals surface area contributed by atoms with Gasteiger partial charge in [0.05, 0.1) is 6.10 Å². The van der Waals surface area contributed by atoms with Crippen LogP contribution in [0.15, 0.2) is 12.0 Å². The van der Waals surface area contributed by atoms with E-state index in [0.29, 0.717) is 6.10 Å². The molecule has 0 spiro atoms. The maximum absolute atomic E-state index is 5.69. The average molecular weight is 168 g/mol. The molecule has 0 N–H and O–H groups in total. The van der Waals surface area contributed by atoms with Crippen molar-refractivity contribution in [1.82, 2.24) is 10.0 Å². The maximum Gasteiger partial charge on any atom is 0.201 e. The summed E-state index contributed by atoms with van der Waals surface area (Å²) in [6, 6.07) is 0. The summed E-state index contributed by atoms with van der Waals surface area (Å²) >= 11 is 0. The first-order chi connectivity index (χ1) is 5.81. The summed E-state index contributed by atoms with van der Waals surface area (Å²) in [5, 5.41) is 4.56. The molecule has 2 rings (SSSR count). The van der Waals surface area contributed by atoms with Crippen molar-refractivity contribution in [2.45, 2.75) is 26.4 Å². The zero-order valence-corrected chi connectivity index (χ0v) is 7.79. The molecule has 3 heteroatoms. The van der Waals surface area contributed by atoms with Crippen molar-refractivity contribution in [3.63, 3.8) is 0 Å². The quantitative estimate of drug-likeness (QED) is 0.585. The third-order valence-corrected chi connectivity index (χ3v) is 2.51. The van der Waals surface area contributed by atoms with Gasteiger partial charge in [0.1, 0.15) is 0 Å². The number of nitrogens with zero attached hydrogens (tertiary/aromatic N) is 2. The molecule has 0 amide bonds. The van der Waals surface area contributed by atoms with Crippen molar-refractivity contribution in [3.8, 4) is 0 Å². The molecular weight excluding hydrogens is 152 g/mol. The Morgan fingerprint density at radius 3 is 3.25 bits per heavy atom. The number of fused-ring (bicyclic) bond motifs is 1. The SMILES string of the molecule is CCN1CC=C2OC(C)CCN21. The molecule has 1 unspecified atom stereocenters. The van der Waals surface area contributed by atoms with Gasteiger partial charge in [-0.25, -0.2) is 5.01 Å². The second kappa shape index (κ2) is 2.98. The molecule has 0 aliphatic carbocycles. The lowest BCUT2D eigenvalue weighted by Crippen LogP contribution is -2.42. The van der Waals surface area contributed by atoms with Crippen molar-refractivity contribution >= 4 is 0 Å². The lowest BCUT2D eigenvalue weighted by Gasteiger charge is -2.36. The van der Waals surface area contributed by atoms with Gasteiger partial charge in [-0.05, 0) is 13.0 Å². The molecule has 2 aliphatic rings. The van der Waals surface area contributed by atoms with Gasteiger partial charge < -0.3 is 4.74 Å². The lowest BCUT2D eigenvalue weighted by molar-refractivity contribution is -0.0750. The Bertz CT molecular complexity index is 203. The van der Waals surface area contributed by atoms with Crippen molar-refractivity contribution in [3.05, 3.63) is 12.0 Å². The van der Waals surface area contributed by atoms with E-state index in [0.717, 1.165) is 31.9 Å². The highest BCUT2D eigenvalue weighted by Crippen LogP contribution is 2.24. The van der Waals surface area contributed by atoms with Crippen LogP contribution in [0.25, 0.3) is 0 Å². The van der Waals surface area contributed by atoms with Gasteiger partial charge in [-0.15, -0.1) is 0 Å². The predicted molar refractivity (Wildman–Crippen MR) is 47.2 cm³/mol. The van der Waals surface area contributed by atoms with Crippen LogP contribution in [-0.4, -0.2) is 35.8 Å². The molecule has 1 saturated heterocycles. The van der Waals surface area contributed by atoms with Crippen LogP contribution in [0.1, 0.15) is 20.3 Å². The topological polar surface area (TPSA) is 15.7 Å². The van der Waals surface area contributed by atoms with Gasteiger partial charge in [-0.2, -0.15) is 0 Å². The van der Waals surface area contributed by atoms with E-state index < -0.39 is 0 Å². The molecular formula is C9H16N2O. The summed E-state index contributed by atoms with van der Waals surface area (Å²) in [7, 11) is 0. The van der Waals surface area contributed by atoms with E-state index in [1.807, 2.05) is 0 Å². The number of ether oxygens (including phenoxy) is 1. The van der Waals surface area contributed by atoms with E-state index in [2.05, 4.69) is 29.9 Å². The predicted octanol–water partition coefficient (Wildman–Crippen LogP) is 1.19. The Hall–Kier alpha value is -0.700. The second-order valence-corrected chi connectivity index (χ2v) is 3.39. The average Bonchev–Trinajstić information content (AvgIpc) is 2.46. The summed E-state index contributed by atoms with van der Waals surface area (Å²) < 4.78 is 5.69. The van der Waals surface area contributed by atoms with Gasteiger partial charge in [0.2, 0.25) is 5.88 Å². The summed E-state index contributed by atoms with van der Waals surface area (Å²) in [5.41, 5.74) is 0. The maximum atomic E-state index is 5.69. The zero-order valence-electron chi connectivity index (χ0n) is 7.79. The fourth-order valence-electron chi connectivity index (χ4n) is 1.76. The molecule has 3 nitrogen and oxygen atoms in total. The first-order valence-corrected chi connectivity index (χ1v) is 4.70. The van der Waals surface area contributed by atoms with Crippen LogP contribution in [-0.2, 0) is 4.74 Å². The van der Waals surface area contributed by atoms with Crippen molar-refractivity contribution in [2.24, 2.45) is 0 Å². The van der Waals surface area contributed by atoms with Crippen LogP contribution in [0.3, 0.4) is 0 Å². The van der Waals surface area contributed by atoms with Crippen LogP contribution in [0.5, 0.6) is 0 Å². The second-order valence-electron chi connectivity index (χ2n) is 3.39. The van der Waals surface area contributed by atoms with Gasteiger partial charge >= 0.3 is 0 Å². The number of hydrogen-bond donors (Lipinski definition) is 0. The summed E-state index contributed by atoms with van der Waals surface area (Å²) in [4.78, 5) is 0. The molecule has 0 aromatic carbocycles. The van der Waals surface area contributed by atoms with Gasteiger partial charge in [-0.3, -0.25) is 5.01 Å². The number of rotatable bonds is 1. The lowest BCUT2D eigenvalue weighted by atomic mass is 10.2. The molecule has 0 aromatic heterocycles. The highest BCUT2D eigenvalue weighted by atomic mass is 16.5. The molecule has 0 bridgehead atoms. The molecule has 68 valence electrons. The minimum Gasteiger partial charge on any atom is -0.475 e. The van der Waals surface area contributed by atoms with E-state index in [1.54, 1.807) is 0 Å². The van der Waals surface area contributed by atoms with Gasteiger partial charge in [0.25, 0.3) is 0 Å². The molecule has 2 heterocycles. The zero-order chi connectivity index (χ0) is 8.55. The summed E-state index contributed by atoms with van der Waals surface area (Å²) in [6.45, 7) is 7.50. The molecule has 2 aliphatic heterocycles. The molecule has 1 atom stereocenters. The third kappa shape index (κ3) is 1.18. The molecule has 0 saturated carbocycles. The summed E-state index contributed by atoms with van der Waals surface area (Å²) in [6.07, 6.45) is 3.69. The van der Waals surface area contributed by atoms with E-state index >= 15 is 0 Å². The van der Waals surface area contributed by atoms with Crippen LogP contribution in [0, 0.1) is 0 Å². The van der Waals surface area contributed by atoms with Gasteiger partial charge in [0, 0.05) is 26.1 Å². The standard InChI is InChI=1S/C9H16N2O/c1-3-10-6-5-9-11(10)7-4-8(2)12-9/h5,8H,3-4,6-7H2,1-2H3. The molecule has 0 aromatic rings. The number of hydrazine groups is 1. The van der Waals surface area contributed by atoms with Crippen molar-refractivity contribution in [2.75, 3.05) is 19.6 Å². The normalized spacial score (nSPS) is 29.7. The highest BCUT2D eigenvalue weighted by molar-refractivity contribution is 5.02. The third-order valence-electron chi connectivity index (χ3n) is 2.51. The van der Waals surface area contributed by atoms with Crippen LogP contribution in [0.4, 0.5) is 0 Å². The van der Waals surface area contributed by atoms with Gasteiger partial charge in [-0.1, -0.05) is 6.92 Å². The number of likely N-dealkylation sites (N-methyl/N-ethyl adjacent to an activating group) is 1. The Kier molecular flexibility index (Phi) is 1.97. The summed E-state index contributed by atoms with van der Waals surface area (Å²) in [5.74, 6) is 1.07. The van der Waals surface area contributed by atoms with Crippen molar-refractivity contribution in [1.29, 1.82) is 0 Å². The van der Waals surface area contributed by atoms with Crippen LogP contribution < -0.4 is 0 Å². The minimum atomic E-state index is 0.393. The molecule has 1 fully saturated rings. The molecule has 0 radical (unpaired) electrons. The minimum absolute atomic E-state index is 0.393. The Morgan fingerprint density at radius 2 is 2.50 bits per heavy atom. The first kappa shape index (κ1) is 7.92.